The van der Waals surface area contributed by atoms with Crippen molar-refractivity contribution in [3.05, 3.63) is 33.9 Å². The number of methoxy groups -OCH3 is 1. The highest BCUT2D eigenvalue weighted by atomic mass is 79.9. The number of nitrogens with one attached hydrogen (secondary N) is 1. The maximum atomic E-state index is 12.5. The Kier molecular flexibility index (Phi) is 6.92. The standard InChI is InChI=1S/C16H17BrF2N2O5/c1-25-16(24)9-7-21(5-6-22)15(23)14(9)20-10-3-2-4-11(13(10)17)26-8-12(18)19/h2-4,12,20,22H,5-8H2,1H3. The number of anilines is 1. The molecule has 0 fully saturated rings. The van der Waals surface area contributed by atoms with Gasteiger partial charge in [0.15, 0.2) is 0 Å². The van der Waals surface area contributed by atoms with Crippen LogP contribution in [0.2, 0.25) is 0 Å². The molecule has 0 aromatic heterocycles. The number of β-amino-alcohol motifs (C(OH)–C–C–N with tert-alkyl or cyclic N) is 1. The molecule has 1 aliphatic heterocycles. The normalized spacial score (nSPS) is 14.2. The number of esters is 1. The summed E-state index contributed by atoms with van der Waals surface area (Å²) >= 11 is 3.24. The second-order valence-electron chi connectivity index (χ2n) is 5.24. The highest BCUT2D eigenvalue weighted by Gasteiger charge is 2.34. The Labute approximate surface area is 156 Å². The Balaban J connectivity index is 2.30. The molecular formula is C16H17BrF2N2O5. The Morgan fingerprint density at radius 2 is 2.19 bits per heavy atom. The van der Waals surface area contributed by atoms with Crippen LogP contribution in [0.4, 0.5) is 14.5 Å². The van der Waals surface area contributed by atoms with E-state index in [-0.39, 0.29) is 36.7 Å². The molecule has 1 aliphatic rings. The summed E-state index contributed by atoms with van der Waals surface area (Å²) in [5, 5.41) is 11.9. The van der Waals surface area contributed by atoms with Gasteiger partial charge in [0.2, 0.25) is 0 Å². The van der Waals surface area contributed by atoms with Gasteiger partial charge in [-0.15, -0.1) is 0 Å². The fourth-order valence-corrected chi connectivity index (χ4v) is 2.83. The molecule has 2 N–H and O–H groups in total. The first-order valence-corrected chi connectivity index (χ1v) is 8.36. The third-order valence-electron chi connectivity index (χ3n) is 3.54. The number of nitrogens with zero attached hydrogens (tertiary/aromatic N) is 1. The van der Waals surface area contributed by atoms with E-state index in [1.807, 2.05) is 0 Å². The summed E-state index contributed by atoms with van der Waals surface area (Å²) in [6.07, 6.45) is -2.63. The maximum Gasteiger partial charge on any atom is 0.337 e. The van der Waals surface area contributed by atoms with Crippen LogP contribution in [0.15, 0.2) is 33.9 Å². The summed E-state index contributed by atoms with van der Waals surface area (Å²) in [5.74, 6) is -0.999. The van der Waals surface area contributed by atoms with Crippen molar-refractivity contribution in [2.45, 2.75) is 6.43 Å². The lowest BCUT2D eigenvalue weighted by molar-refractivity contribution is -0.136. The average molecular weight is 435 g/mol. The molecule has 1 aromatic carbocycles. The number of halogens is 3. The monoisotopic (exact) mass is 434 g/mol. The molecule has 2 rings (SSSR count). The van der Waals surface area contributed by atoms with Crippen LogP contribution in [0.25, 0.3) is 0 Å². The molecule has 7 nitrogen and oxygen atoms in total. The molecule has 10 heteroatoms. The molecular weight excluding hydrogens is 418 g/mol. The van der Waals surface area contributed by atoms with Crippen LogP contribution in [-0.2, 0) is 14.3 Å². The lowest BCUT2D eigenvalue weighted by Crippen LogP contribution is -2.31. The van der Waals surface area contributed by atoms with Gasteiger partial charge in [-0.05, 0) is 28.1 Å². The van der Waals surface area contributed by atoms with E-state index >= 15 is 0 Å². The fraction of sp³-hybridized carbons (Fsp3) is 0.375. The predicted octanol–water partition coefficient (Wildman–Crippen LogP) is 1.77. The first-order valence-electron chi connectivity index (χ1n) is 7.57. The van der Waals surface area contributed by atoms with Crippen LogP contribution in [0.3, 0.4) is 0 Å². The van der Waals surface area contributed by atoms with Crippen molar-refractivity contribution < 1.29 is 33.0 Å². The van der Waals surface area contributed by atoms with E-state index in [4.69, 9.17) is 14.6 Å². The number of carbonyl (C=O) groups excluding carboxylic acids is 2. The molecule has 0 unspecified atom stereocenters. The van der Waals surface area contributed by atoms with Crippen LogP contribution in [-0.4, -0.2) is 61.7 Å². The van der Waals surface area contributed by atoms with Crippen LogP contribution >= 0.6 is 15.9 Å². The van der Waals surface area contributed by atoms with Gasteiger partial charge >= 0.3 is 5.97 Å². The number of aliphatic hydroxyl groups is 1. The quantitative estimate of drug-likeness (QED) is 0.606. The highest BCUT2D eigenvalue weighted by molar-refractivity contribution is 9.10. The summed E-state index contributed by atoms with van der Waals surface area (Å²) < 4.78 is 34.7. The zero-order valence-electron chi connectivity index (χ0n) is 13.8. The topological polar surface area (TPSA) is 88.1 Å². The number of benzene rings is 1. The minimum atomic E-state index is -2.63. The third kappa shape index (κ3) is 4.50. The Bertz CT molecular complexity index is 727. The van der Waals surface area contributed by atoms with E-state index in [1.54, 1.807) is 12.1 Å². The summed E-state index contributed by atoms with van der Waals surface area (Å²) in [5.41, 5.74) is 0.459. The Morgan fingerprint density at radius 3 is 2.81 bits per heavy atom. The van der Waals surface area contributed by atoms with Gasteiger partial charge in [0.05, 0.1) is 36.0 Å². The first kappa shape index (κ1) is 20.1. The maximum absolute atomic E-state index is 12.5. The van der Waals surface area contributed by atoms with E-state index in [2.05, 4.69) is 21.2 Å². The number of rotatable bonds is 8. The van der Waals surface area contributed by atoms with Gasteiger partial charge in [-0.3, -0.25) is 4.79 Å². The van der Waals surface area contributed by atoms with Gasteiger partial charge in [-0.1, -0.05) is 6.07 Å². The number of carbonyl (C=O) groups is 2. The molecule has 0 radical (unpaired) electrons. The smallest absolute Gasteiger partial charge is 0.337 e. The molecule has 0 bridgehead atoms. The Morgan fingerprint density at radius 1 is 1.46 bits per heavy atom. The summed E-state index contributed by atoms with van der Waals surface area (Å²) in [7, 11) is 1.20. The summed E-state index contributed by atoms with van der Waals surface area (Å²) in [6.45, 7) is -0.980. The van der Waals surface area contributed by atoms with Crippen molar-refractivity contribution in [3.63, 3.8) is 0 Å². The molecule has 1 aromatic rings. The van der Waals surface area contributed by atoms with E-state index in [0.29, 0.717) is 10.2 Å². The molecule has 0 saturated carbocycles. The van der Waals surface area contributed by atoms with Gasteiger partial charge in [0, 0.05) is 6.54 Å². The van der Waals surface area contributed by atoms with Gasteiger partial charge in [-0.2, -0.15) is 0 Å². The minimum absolute atomic E-state index is 0.00277. The van der Waals surface area contributed by atoms with Crippen molar-refractivity contribution in [1.82, 2.24) is 4.90 Å². The largest absolute Gasteiger partial charge is 0.486 e. The lowest BCUT2D eigenvalue weighted by atomic mass is 10.2. The molecule has 0 aliphatic carbocycles. The first-order chi connectivity index (χ1) is 12.4. The number of aliphatic hydroxyl groups excluding tert-OH is 1. The molecule has 142 valence electrons. The molecule has 26 heavy (non-hydrogen) atoms. The predicted molar refractivity (Wildman–Crippen MR) is 92.0 cm³/mol. The SMILES string of the molecule is COC(=O)C1=C(Nc2cccc(OCC(F)F)c2Br)C(=O)N(CCO)C1. The number of hydrogen-bond donors (Lipinski definition) is 2. The fourth-order valence-electron chi connectivity index (χ4n) is 2.36. The van der Waals surface area contributed by atoms with Crippen LogP contribution in [0.1, 0.15) is 0 Å². The average Bonchev–Trinajstić information content (AvgIpc) is 2.91. The second-order valence-corrected chi connectivity index (χ2v) is 6.03. The molecule has 0 spiro atoms. The molecule has 1 amide bonds. The van der Waals surface area contributed by atoms with Crippen molar-refractivity contribution in [2.24, 2.45) is 0 Å². The highest BCUT2D eigenvalue weighted by Crippen LogP contribution is 2.34. The van der Waals surface area contributed by atoms with E-state index in [0.717, 1.165) is 0 Å². The van der Waals surface area contributed by atoms with Crippen molar-refractivity contribution >= 4 is 33.5 Å². The second kappa shape index (κ2) is 8.95. The van der Waals surface area contributed by atoms with Crippen molar-refractivity contribution in [1.29, 1.82) is 0 Å². The van der Waals surface area contributed by atoms with Crippen molar-refractivity contribution in [2.75, 3.05) is 38.7 Å². The zero-order valence-corrected chi connectivity index (χ0v) is 15.4. The minimum Gasteiger partial charge on any atom is -0.486 e. The lowest BCUT2D eigenvalue weighted by Gasteiger charge is -2.16. The third-order valence-corrected chi connectivity index (χ3v) is 4.36. The van der Waals surface area contributed by atoms with E-state index in [9.17, 15) is 18.4 Å². The van der Waals surface area contributed by atoms with Crippen LogP contribution in [0, 0.1) is 0 Å². The molecule has 1 heterocycles. The van der Waals surface area contributed by atoms with Crippen LogP contribution in [0.5, 0.6) is 5.75 Å². The van der Waals surface area contributed by atoms with Gasteiger partial charge in [0.25, 0.3) is 12.3 Å². The number of hydrogen-bond acceptors (Lipinski definition) is 6. The molecule has 0 saturated heterocycles. The number of ether oxygens (including phenoxy) is 2. The Hall–Kier alpha value is -2.20. The van der Waals surface area contributed by atoms with Crippen molar-refractivity contribution in [3.8, 4) is 5.75 Å². The van der Waals surface area contributed by atoms with Gasteiger partial charge in [0.1, 0.15) is 18.1 Å². The van der Waals surface area contributed by atoms with E-state index < -0.39 is 24.9 Å². The number of alkyl halides is 2. The summed E-state index contributed by atoms with van der Waals surface area (Å²) in [4.78, 5) is 25.7. The molecule has 0 atom stereocenters. The van der Waals surface area contributed by atoms with Crippen LogP contribution < -0.4 is 10.1 Å². The van der Waals surface area contributed by atoms with Gasteiger partial charge in [-0.25, -0.2) is 13.6 Å². The van der Waals surface area contributed by atoms with Gasteiger partial charge < -0.3 is 24.8 Å². The zero-order chi connectivity index (χ0) is 19.3. The van der Waals surface area contributed by atoms with E-state index in [1.165, 1.54) is 18.1 Å². The number of amides is 1. The summed E-state index contributed by atoms with van der Waals surface area (Å²) in [6, 6.07) is 4.63.